The first kappa shape index (κ1) is 28.2. The van der Waals surface area contributed by atoms with Gasteiger partial charge in [-0.05, 0) is 62.5 Å². The quantitative estimate of drug-likeness (QED) is 0.281. The summed E-state index contributed by atoms with van der Waals surface area (Å²) in [5, 5.41) is 7.23. The molecule has 8 nitrogen and oxygen atoms in total. The van der Waals surface area contributed by atoms with Gasteiger partial charge >= 0.3 is 6.03 Å². The number of nitrogens with one attached hydrogen (secondary N) is 3. The minimum absolute atomic E-state index is 0.221. The number of nitrogens with zero attached hydrogens (tertiary/aromatic N) is 3. The standard InChI is InChI=1S/C33H40N6O2/c1-23-12-14-27(15-13-23)38-16-18-39(19-17-38)33(41)36-31(24(2)29-21-34-30-11-6-5-10-28(29)30)32(40)35-26-9-7-8-25(20-26)22-37(3)4/h5-15,20-21,24,31,34H,16-19,22H2,1-4H3,(H,35,40)(H,36,41)/t24-,31-/m1/s1. The number of rotatable bonds is 8. The lowest BCUT2D eigenvalue weighted by Crippen LogP contribution is -2.56. The normalized spacial score (nSPS) is 15.1. The van der Waals surface area contributed by atoms with Crippen molar-refractivity contribution in [1.29, 1.82) is 0 Å². The molecule has 1 aromatic heterocycles. The van der Waals surface area contributed by atoms with Crippen molar-refractivity contribution in [3.05, 3.63) is 95.7 Å². The highest BCUT2D eigenvalue weighted by molar-refractivity contribution is 5.98. The lowest BCUT2D eigenvalue weighted by molar-refractivity contribution is -0.118. The Bertz CT molecular complexity index is 1490. The number of hydrogen-bond donors (Lipinski definition) is 3. The van der Waals surface area contributed by atoms with Crippen LogP contribution >= 0.6 is 0 Å². The van der Waals surface area contributed by atoms with Crippen LogP contribution in [0.15, 0.2) is 79.0 Å². The van der Waals surface area contributed by atoms with Crippen LogP contribution in [0.3, 0.4) is 0 Å². The summed E-state index contributed by atoms with van der Waals surface area (Å²) < 4.78 is 0. The molecule has 0 unspecified atom stereocenters. The number of amides is 3. The third-order valence-electron chi connectivity index (χ3n) is 7.83. The van der Waals surface area contributed by atoms with Gasteiger partial charge in [-0.3, -0.25) is 4.79 Å². The molecule has 0 aliphatic carbocycles. The van der Waals surface area contributed by atoms with Crippen LogP contribution in [0, 0.1) is 6.92 Å². The number of aromatic nitrogens is 1. The van der Waals surface area contributed by atoms with Gasteiger partial charge in [-0.15, -0.1) is 0 Å². The van der Waals surface area contributed by atoms with Gasteiger partial charge in [0, 0.05) is 67.1 Å². The summed E-state index contributed by atoms with van der Waals surface area (Å²) in [5.74, 6) is -0.509. The second-order valence-electron chi connectivity index (χ2n) is 11.2. The van der Waals surface area contributed by atoms with Gasteiger partial charge in [0.25, 0.3) is 0 Å². The molecule has 1 aliphatic heterocycles. The van der Waals surface area contributed by atoms with Gasteiger partial charge in [0.1, 0.15) is 6.04 Å². The minimum atomic E-state index is -0.769. The monoisotopic (exact) mass is 552 g/mol. The van der Waals surface area contributed by atoms with E-state index in [1.54, 1.807) is 0 Å². The van der Waals surface area contributed by atoms with Gasteiger partial charge in [0.05, 0.1) is 0 Å². The van der Waals surface area contributed by atoms with Crippen LogP contribution < -0.4 is 15.5 Å². The molecule has 0 saturated carbocycles. The van der Waals surface area contributed by atoms with Gasteiger partial charge in [-0.1, -0.05) is 55.0 Å². The number of anilines is 2. The first-order valence-corrected chi connectivity index (χ1v) is 14.3. The fraction of sp³-hybridized carbons (Fsp3) is 0.333. The van der Waals surface area contributed by atoms with E-state index in [1.807, 2.05) is 80.6 Å². The summed E-state index contributed by atoms with van der Waals surface area (Å²) in [4.78, 5) is 36.9. The van der Waals surface area contributed by atoms with Crippen LogP contribution in [0.4, 0.5) is 16.2 Å². The van der Waals surface area contributed by atoms with Crippen molar-refractivity contribution in [2.24, 2.45) is 0 Å². The second-order valence-corrected chi connectivity index (χ2v) is 11.2. The number of piperazine rings is 1. The number of hydrogen-bond acceptors (Lipinski definition) is 4. The van der Waals surface area contributed by atoms with Crippen LogP contribution in [-0.2, 0) is 11.3 Å². The molecule has 3 N–H and O–H groups in total. The highest BCUT2D eigenvalue weighted by Crippen LogP contribution is 2.29. The highest BCUT2D eigenvalue weighted by Gasteiger charge is 2.32. The van der Waals surface area contributed by atoms with E-state index in [1.165, 1.54) is 5.56 Å². The molecule has 1 saturated heterocycles. The number of carbonyl (C=O) groups excluding carboxylic acids is 2. The Labute approximate surface area is 242 Å². The molecule has 0 bridgehead atoms. The largest absolute Gasteiger partial charge is 0.368 e. The van der Waals surface area contributed by atoms with E-state index in [0.29, 0.717) is 18.8 Å². The third-order valence-corrected chi connectivity index (χ3v) is 7.83. The Morgan fingerprint density at radius 2 is 1.68 bits per heavy atom. The van der Waals surface area contributed by atoms with Gasteiger partial charge < -0.3 is 30.3 Å². The minimum Gasteiger partial charge on any atom is -0.368 e. The zero-order valence-corrected chi connectivity index (χ0v) is 24.4. The molecule has 2 atom stereocenters. The first-order chi connectivity index (χ1) is 19.8. The zero-order chi connectivity index (χ0) is 28.9. The fourth-order valence-corrected chi connectivity index (χ4v) is 5.55. The van der Waals surface area contributed by atoms with Gasteiger partial charge in [-0.2, -0.15) is 0 Å². The van der Waals surface area contributed by atoms with Crippen molar-refractivity contribution < 1.29 is 9.59 Å². The SMILES string of the molecule is Cc1ccc(N2CCN(C(=O)N[C@@H](C(=O)Nc3cccc(CN(C)C)c3)[C@H](C)c3c[nH]c4ccccc34)CC2)cc1. The molecule has 3 amide bonds. The number of para-hydroxylation sites is 1. The Kier molecular flexibility index (Phi) is 8.59. The lowest BCUT2D eigenvalue weighted by Gasteiger charge is -2.37. The van der Waals surface area contributed by atoms with Crippen LogP contribution in [0.2, 0.25) is 0 Å². The highest BCUT2D eigenvalue weighted by atomic mass is 16.2. The van der Waals surface area contributed by atoms with Crippen molar-refractivity contribution in [2.75, 3.05) is 50.5 Å². The smallest absolute Gasteiger partial charge is 0.318 e. The molecule has 1 fully saturated rings. The molecule has 4 aromatic rings. The van der Waals surface area contributed by atoms with E-state index in [9.17, 15) is 9.59 Å². The predicted octanol–water partition coefficient (Wildman–Crippen LogP) is 5.18. The van der Waals surface area contributed by atoms with Gasteiger partial charge in [-0.25, -0.2) is 4.79 Å². The van der Waals surface area contributed by atoms with Crippen molar-refractivity contribution in [2.45, 2.75) is 32.4 Å². The van der Waals surface area contributed by atoms with Crippen molar-refractivity contribution in [3.8, 4) is 0 Å². The van der Waals surface area contributed by atoms with E-state index < -0.39 is 6.04 Å². The third kappa shape index (κ3) is 6.72. The Balaban J connectivity index is 1.33. The number of fused-ring (bicyclic) bond motifs is 1. The molecule has 3 aromatic carbocycles. The number of urea groups is 1. The second kappa shape index (κ2) is 12.5. The number of H-pyrrole nitrogens is 1. The van der Waals surface area contributed by atoms with Gasteiger partial charge in [0.15, 0.2) is 0 Å². The predicted molar refractivity (Wildman–Crippen MR) is 166 cm³/mol. The molecular weight excluding hydrogens is 512 g/mol. The lowest BCUT2D eigenvalue weighted by atomic mass is 9.92. The van der Waals surface area contributed by atoms with Crippen LogP contribution in [0.5, 0.6) is 0 Å². The summed E-state index contributed by atoms with van der Waals surface area (Å²) >= 11 is 0. The summed E-state index contributed by atoms with van der Waals surface area (Å²) in [6.45, 7) is 7.50. The maximum Gasteiger partial charge on any atom is 0.318 e. The molecule has 5 rings (SSSR count). The van der Waals surface area contributed by atoms with Crippen molar-refractivity contribution in [1.82, 2.24) is 20.1 Å². The topological polar surface area (TPSA) is 83.7 Å². The van der Waals surface area contributed by atoms with Crippen LogP contribution in [0.1, 0.15) is 29.5 Å². The van der Waals surface area contributed by atoms with Crippen molar-refractivity contribution in [3.63, 3.8) is 0 Å². The molecule has 2 heterocycles. The molecule has 41 heavy (non-hydrogen) atoms. The molecular formula is C33H40N6O2. The molecule has 214 valence electrons. The first-order valence-electron chi connectivity index (χ1n) is 14.3. The van der Waals surface area contributed by atoms with Crippen LogP contribution in [-0.4, -0.2) is 73.0 Å². The number of aryl methyl sites for hydroxylation is 1. The van der Waals surface area contributed by atoms with E-state index in [4.69, 9.17) is 0 Å². The average molecular weight is 553 g/mol. The summed E-state index contributed by atoms with van der Waals surface area (Å²) in [6, 6.07) is 23.4. The number of carbonyl (C=O) groups is 2. The fourth-order valence-electron chi connectivity index (χ4n) is 5.55. The van der Waals surface area contributed by atoms with Gasteiger partial charge in [0.2, 0.25) is 5.91 Å². The number of benzene rings is 3. The zero-order valence-electron chi connectivity index (χ0n) is 24.4. The number of aromatic amines is 1. The summed E-state index contributed by atoms with van der Waals surface area (Å²) in [5.41, 5.74) is 6.20. The summed E-state index contributed by atoms with van der Waals surface area (Å²) in [6.07, 6.45) is 1.94. The summed E-state index contributed by atoms with van der Waals surface area (Å²) in [7, 11) is 4.03. The van der Waals surface area contributed by atoms with Crippen LogP contribution in [0.25, 0.3) is 10.9 Å². The van der Waals surface area contributed by atoms with E-state index in [-0.39, 0.29) is 17.9 Å². The van der Waals surface area contributed by atoms with Crippen molar-refractivity contribution >= 4 is 34.2 Å². The average Bonchev–Trinajstić information content (AvgIpc) is 3.40. The maximum atomic E-state index is 13.8. The molecule has 0 spiro atoms. The Hall–Kier alpha value is -4.30. The van der Waals surface area contributed by atoms with E-state index in [0.717, 1.165) is 47.4 Å². The maximum absolute atomic E-state index is 13.8. The Morgan fingerprint density at radius 3 is 2.41 bits per heavy atom. The Morgan fingerprint density at radius 1 is 0.951 bits per heavy atom. The molecule has 0 radical (unpaired) electrons. The molecule has 1 aliphatic rings. The molecule has 8 heteroatoms. The van der Waals surface area contributed by atoms with E-state index in [2.05, 4.69) is 56.6 Å². The van der Waals surface area contributed by atoms with E-state index >= 15 is 0 Å².